The van der Waals surface area contributed by atoms with Crippen LogP contribution in [0.5, 0.6) is 5.75 Å². The molecule has 0 amide bonds. The van der Waals surface area contributed by atoms with Crippen molar-refractivity contribution in [1.82, 2.24) is 0 Å². The Balaban J connectivity index is 2.75. The van der Waals surface area contributed by atoms with Crippen LogP contribution in [0.1, 0.15) is 13.8 Å². The first-order valence-corrected chi connectivity index (χ1v) is 5.63. The zero-order valence-corrected chi connectivity index (χ0v) is 10.6. The third-order valence-electron chi connectivity index (χ3n) is 2.01. The Bertz CT molecular complexity index is 539. The van der Waals surface area contributed by atoms with Gasteiger partial charge in [0.25, 0.3) is 0 Å². The van der Waals surface area contributed by atoms with Crippen molar-refractivity contribution in [2.75, 3.05) is 12.0 Å². The lowest BCUT2D eigenvalue weighted by atomic mass is 10.2. The molecule has 0 aliphatic carbocycles. The van der Waals surface area contributed by atoms with Crippen LogP contribution in [0.4, 0.5) is 10.1 Å². The predicted octanol–water partition coefficient (Wildman–Crippen LogP) is 2.68. The molecule has 0 unspecified atom stereocenters. The third-order valence-corrected chi connectivity index (χ3v) is 2.01. The molecule has 19 heavy (non-hydrogen) atoms. The molecule has 0 heterocycles. The fourth-order valence-corrected chi connectivity index (χ4v) is 1.14. The predicted molar refractivity (Wildman–Crippen MR) is 69.0 cm³/mol. The number of hydrogen-bond donors (Lipinski definition) is 1. The van der Waals surface area contributed by atoms with E-state index in [2.05, 4.69) is 10.5 Å². The lowest BCUT2D eigenvalue weighted by Gasteiger charge is -2.10. The molecule has 6 heteroatoms. The average molecular weight is 260 g/mol. The maximum absolute atomic E-state index is 13.6. The number of ether oxygens (including phenoxy) is 1. The van der Waals surface area contributed by atoms with Crippen molar-refractivity contribution in [3.63, 3.8) is 0 Å². The highest BCUT2D eigenvalue weighted by atomic mass is 19.1. The van der Waals surface area contributed by atoms with Gasteiger partial charge in [0, 0.05) is 6.07 Å². The monoisotopic (exact) mass is 260 g/mol. The minimum absolute atomic E-state index is 0.156. The van der Waals surface area contributed by atoms with Gasteiger partial charge < -0.3 is 4.74 Å². The second-order valence-corrected chi connectivity index (χ2v) is 4.15. The molecular formula is C13H13FN4O. The standard InChI is InChI=1S/C13H13FN4O/c1-9(2)8-19-13-4-3-10(5-12(13)14)17-18-11(6-15)7-16/h3-5,9,17H,8H2,1-2H3. The van der Waals surface area contributed by atoms with Gasteiger partial charge >= 0.3 is 0 Å². The number of nitrogens with one attached hydrogen (secondary N) is 1. The van der Waals surface area contributed by atoms with E-state index >= 15 is 0 Å². The summed E-state index contributed by atoms with van der Waals surface area (Å²) in [5, 5.41) is 20.5. The maximum Gasteiger partial charge on any atom is 0.237 e. The van der Waals surface area contributed by atoms with Crippen LogP contribution in [-0.2, 0) is 0 Å². The fourth-order valence-electron chi connectivity index (χ4n) is 1.14. The summed E-state index contributed by atoms with van der Waals surface area (Å²) in [7, 11) is 0. The number of anilines is 1. The van der Waals surface area contributed by atoms with Crippen LogP contribution in [0.2, 0.25) is 0 Å². The number of hydrazone groups is 1. The first-order chi connectivity index (χ1) is 9.06. The largest absolute Gasteiger partial charge is 0.490 e. The van der Waals surface area contributed by atoms with Crippen molar-refractivity contribution in [3.05, 3.63) is 24.0 Å². The van der Waals surface area contributed by atoms with Gasteiger partial charge in [-0.15, -0.1) is 0 Å². The van der Waals surface area contributed by atoms with Gasteiger partial charge in [-0.1, -0.05) is 13.8 Å². The molecule has 1 N–H and O–H groups in total. The molecule has 0 aromatic heterocycles. The second-order valence-electron chi connectivity index (χ2n) is 4.15. The summed E-state index contributed by atoms with van der Waals surface area (Å²) in [6.07, 6.45) is 0. The Labute approximate surface area is 110 Å². The van der Waals surface area contributed by atoms with E-state index in [9.17, 15) is 4.39 Å². The summed E-state index contributed by atoms with van der Waals surface area (Å²) in [6.45, 7) is 4.36. The molecule has 0 aliphatic heterocycles. The highest BCUT2D eigenvalue weighted by molar-refractivity contribution is 6.10. The third kappa shape index (κ3) is 4.64. The van der Waals surface area contributed by atoms with Gasteiger partial charge in [-0.2, -0.15) is 15.6 Å². The van der Waals surface area contributed by atoms with Crippen molar-refractivity contribution in [2.45, 2.75) is 13.8 Å². The molecule has 0 saturated heterocycles. The number of benzene rings is 1. The molecule has 0 aliphatic rings. The summed E-state index contributed by atoms with van der Waals surface area (Å²) in [6, 6.07) is 7.38. The minimum atomic E-state index is -0.531. The van der Waals surface area contributed by atoms with E-state index in [0.29, 0.717) is 18.2 Å². The van der Waals surface area contributed by atoms with Crippen LogP contribution < -0.4 is 10.2 Å². The molecular weight excluding hydrogens is 247 g/mol. The van der Waals surface area contributed by atoms with Gasteiger partial charge in [-0.05, 0) is 18.1 Å². The lowest BCUT2D eigenvalue weighted by molar-refractivity contribution is 0.259. The number of nitriles is 2. The van der Waals surface area contributed by atoms with Crippen molar-refractivity contribution in [3.8, 4) is 17.9 Å². The number of halogens is 1. The smallest absolute Gasteiger partial charge is 0.237 e. The topological polar surface area (TPSA) is 81.2 Å². The SMILES string of the molecule is CC(C)COc1ccc(NN=C(C#N)C#N)cc1F. The molecule has 5 nitrogen and oxygen atoms in total. The van der Waals surface area contributed by atoms with Crippen LogP contribution in [0.15, 0.2) is 23.3 Å². The first kappa shape index (κ1) is 14.5. The van der Waals surface area contributed by atoms with Crippen molar-refractivity contribution < 1.29 is 9.13 Å². The Morgan fingerprint density at radius 3 is 2.63 bits per heavy atom. The summed E-state index contributed by atoms with van der Waals surface area (Å²) in [5.74, 6) is -0.0732. The van der Waals surface area contributed by atoms with Crippen LogP contribution in [0, 0.1) is 34.4 Å². The Morgan fingerprint density at radius 2 is 2.11 bits per heavy atom. The summed E-state index contributed by atoms with van der Waals surface area (Å²) in [5.41, 5.74) is 2.43. The fraction of sp³-hybridized carbons (Fsp3) is 0.308. The lowest BCUT2D eigenvalue weighted by Crippen LogP contribution is -2.06. The Kier molecular flexibility index (Phi) is 5.31. The summed E-state index contributed by atoms with van der Waals surface area (Å²) in [4.78, 5) is 0. The zero-order valence-electron chi connectivity index (χ0n) is 10.6. The second kappa shape index (κ2) is 6.97. The van der Waals surface area contributed by atoms with Gasteiger partial charge in [0.05, 0.1) is 12.3 Å². The highest BCUT2D eigenvalue weighted by Gasteiger charge is 2.06. The molecule has 0 atom stereocenters. The number of rotatable bonds is 5. The van der Waals surface area contributed by atoms with E-state index in [1.165, 1.54) is 12.1 Å². The van der Waals surface area contributed by atoms with Crippen LogP contribution in [-0.4, -0.2) is 12.3 Å². The molecule has 0 radical (unpaired) electrons. The van der Waals surface area contributed by atoms with Gasteiger partial charge in [-0.3, -0.25) is 5.43 Å². The summed E-state index contributed by atoms with van der Waals surface area (Å²) < 4.78 is 18.9. The Hall–Kier alpha value is -2.60. The summed E-state index contributed by atoms with van der Waals surface area (Å²) >= 11 is 0. The Morgan fingerprint density at radius 1 is 1.42 bits per heavy atom. The molecule has 0 saturated carbocycles. The first-order valence-electron chi connectivity index (χ1n) is 5.63. The van der Waals surface area contributed by atoms with E-state index in [-0.39, 0.29) is 11.5 Å². The quantitative estimate of drug-likeness (QED) is 0.651. The van der Waals surface area contributed by atoms with Gasteiger partial charge in [0.2, 0.25) is 5.71 Å². The number of nitrogens with zero attached hydrogens (tertiary/aromatic N) is 3. The average Bonchev–Trinajstić information content (AvgIpc) is 2.38. The van der Waals surface area contributed by atoms with Crippen LogP contribution in [0.25, 0.3) is 0 Å². The van der Waals surface area contributed by atoms with Gasteiger partial charge in [-0.25, -0.2) is 4.39 Å². The van der Waals surface area contributed by atoms with E-state index in [4.69, 9.17) is 15.3 Å². The minimum Gasteiger partial charge on any atom is -0.490 e. The van der Waals surface area contributed by atoms with Crippen molar-refractivity contribution in [1.29, 1.82) is 10.5 Å². The molecule has 1 aromatic carbocycles. The molecule has 0 fully saturated rings. The van der Waals surface area contributed by atoms with E-state index in [1.54, 1.807) is 18.2 Å². The zero-order chi connectivity index (χ0) is 14.3. The maximum atomic E-state index is 13.6. The molecule has 1 aromatic rings. The van der Waals surface area contributed by atoms with E-state index in [0.717, 1.165) is 0 Å². The highest BCUT2D eigenvalue weighted by Crippen LogP contribution is 2.21. The van der Waals surface area contributed by atoms with Crippen molar-refractivity contribution in [2.24, 2.45) is 11.0 Å². The van der Waals surface area contributed by atoms with Crippen LogP contribution in [0.3, 0.4) is 0 Å². The molecule has 1 rings (SSSR count). The normalized spacial score (nSPS) is 9.37. The van der Waals surface area contributed by atoms with E-state index < -0.39 is 5.82 Å². The molecule has 0 spiro atoms. The van der Waals surface area contributed by atoms with Gasteiger partial charge in [0.15, 0.2) is 11.6 Å². The van der Waals surface area contributed by atoms with Gasteiger partial charge in [0.1, 0.15) is 12.1 Å². The van der Waals surface area contributed by atoms with Crippen molar-refractivity contribution >= 4 is 11.4 Å². The van der Waals surface area contributed by atoms with Crippen LogP contribution >= 0.6 is 0 Å². The molecule has 0 bridgehead atoms. The number of hydrogen-bond acceptors (Lipinski definition) is 5. The van der Waals surface area contributed by atoms with E-state index in [1.807, 2.05) is 13.8 Å². The molecule has 98 valence electrons.